The van der Waals surface area contributed by atoms with Crippen LogP contribution in [0, 0.1) is 0 Å². The van der Waals surface area contributed by atoms with Crippen molar-refractivity contribution in [1.29, 1.82) is 0 Å². The van der Waals surface area contributed by atoms with Crippen molar-refractivity contribution >= 4 is 15.9 Å². The van der Waals surface area contributed by atoms with E-state index in [1.165, 1.54) is 0 Å². The van der Waals surface area contributed by atoms with Crippen LogP contribution in [0.2, 0.25) is 0 Å². The molecule has 0 aliphatic carbocycles. The first-order valence-corrected chi connectivity index (χ1v) is 4.61. The second-order valence-corrected chi connectivity index (χ2v) is 3.48. The molecule has 12 heavy (non-hydrogen) atoms. The van der Waals surface area contributed by atoms with E-state index in [0.29, 0.717) is 6.42 Å². The van der Waals surface area contributed by atoms with Gasteiger partial charge in [0.25, 0.3) is 0 Å². The van der Waals surface area contributed by atoms with Gasteiger partial charge in [-0.1, -0.05) is 22.9 Å². The summed E-state index contributed by atoms with van der Waals surface area (Å²) in [6, 6.07) is 4.87. The third-order valence-electron chi connectivity index (χ3n) is 1.73. The quantitative estimate of drug-likeness (QED) is 0.821. The second-order valence-electron chi connectivity index (χ2n) is 2.63. The first-order chi connectivity index (χ1) is 5.65. The van der Waals surface area contributed by atoms with E-state index in [-0.39, 0.29) is 5.75 Å². The standard InChI is InChI=1S/C9H11BrO2/c1-2-9(12)7-5-6(11)3-4-8(7)10/h3-5,9,11-12H,2H2,1H3/t9-/m1/s1. The monoisotopic (exact) mass is 230 g/mol. The van der Waals surface area contributed by atoms with Gasteiger partial charge in [0, 0.05) is 4.47 Å². The normalized spacial score (nSPS) is 12.9. The van der Waals surface area contributed by atoms with Gasteiger partial charge in [0.15, 0.2) is 0 Å². The predicted molar refractivity (Wildman–Crippen MR) is 51.1 cm³/mol. The average Bonchev–Trinajstić information content (AvgIpc) is 2.08. The van der Waals surface area contributed by atoms with Crippen molar-refractivity contribution in [2.75, 3.05) is 0 Å². The van der Waals surface area contributed by atoms with Crippen molar-refractivity contribution in [3.05, 3.63) is 28.2 Å². The summed E-state index contributed by atoms with van der Waals surface area (Å²) in [7, 11) is 0. The van der Waals surface area contributed by atoms with E-state index in [1.807, 2.05) is 6.92 Å². The number of benzene rings is 1. The highest BCUT2D eigenvalue weighted by Crippen LogP contribution is 2.28. The Morgan fingerprint density at radius 2 is 2.17 bits per heavy atom. The van der Waals surface area contributed by atoms with Crippen LogP contribution in [0.1, 0.15) is 25.0 Å². The Hall–Kier alpha value is -0.540. The number of hydrogen-bond donors (Lipinski definition) is 2. The van der Waals surface area contributed by atoms with Gasteiger partial charge in [0.1, 0.15) is 5.75 Å². The molecule has 0 unspecified atom stereocenters. The number of aliphatic hydroxyl groups excluding tert-OH is 1. The van der Waals surface area contributed by atoms with E-state index in [0.717, 1.165) is 10.0 Å². The minimum Gasteiger partial charge on any atom is -0.508 e. The predicted octanol–water partition coefficient (Wildman–Crippen LogP) is 2.60. The van der Waals surface area contributed by atoms with E-state index < -0.39 is 6.10 Å². The van der Waals surface area contributed by atoms with Gasteiger partial charge in [-0.2, -0.15) is 0 Å². The molecule has 3 heteroatoms. The maximum absolute atomic E-state index is 9.49. The van der Waals surface area contributed by atoms with Crippen LogP contribution >= 0.6 is 15.9 Å². The molecule has 0 bridgehead atoms. The SMILES string of the molecule is CC[C@@H](O)c1cc(O)ccc1Br. The summed E-state index contributed by atoms with van der Waals surface area (Å²) < 4.78 is 0.828. The Kier molecular flexibility index (Phi) is 3.12. The molecule has 0 saturated heterocycles. The minimum absolute atomic E-state index is 0.181. The molecule has 0 aromatic heterocycles. The molecule has 0 fully saturated rings. The Balaban J connectivity index is 3.04. The third-order valence-corrected chi connectivity index (χ3v) is 2.45. The second kappa shape index (κ2) is 3.92. The molecule has 66 valence electrons. The fourth-order valence-corrected chi connectivity index (χ4v) is 1.52. The third kappa shape index (κ3) is 1.99. The number of rotatable bonds is 2. The largest absolute Gasteiger partial charge is 0.508 e. The molecule has 2 nitrogen and oxygen atoms in total. The lowest BCUT2D eigenvalue weighted by molar-refractivity contribution is 0.172. The molecule has 0 radical (unpaired) electrons. The molecule has 0 aliphatic rings. The molecular formula is C9H11BrO2. The number of halogens is 1. The zero-order valence-electron chi connectivity index (χ0n) is 6.79. The van der Waals surface area contributed by atoms with Crippen molar-refractivity contribution in [2.24, 2.45) is 0 Å². The molecule has 0 spiro atoms. The van der Waals surface area contributed by atoms with Crippen LogP contribution in [0.4, 0.5) is 0 Å². The van der Waals surface area contributed by atoms with Crippen molar-refractivity contribution in [2.45, 2.75) is 19.4 Å². The highest BCUT2D eigenvalue weighted by molar-refractivity contribution is 9.10. The summed E-state index contributed by atoms with van der Waals surface area (Å²) >= 11 is 3.30. The number of phenols is 1. The molecule has 2 N–H and O–H groups in total. The number of aromatic hydroxyl groups is 1. The summed E-state index contributed by atoms with van der Waals surface area (Å²) in [6.45, 7) is 1.89. The summed E-state index contributed by atoms with van der Waals surface area (Å²) in [5.41, 5.74) is 0.734. The lowest BCUT2D eigenvalue weighted by atomic mass is 10.1. The maximum Gasteiger partial charge on any atom is 0.116 e. The van der Waals surface area contributed by atoms with Gasteiger partial charge in [0.05, 0.1) is 6.10 Å². The van der Waals surface area contributed by atoms with Gasteiger partial charge in [-0.15, -0.1) is 0 Å². The zero-order chi connectivity index (χ0) is 9.14. The smallest absolute Gasteiger partial charge is 0.116 e. The van der Waals surface area contributed by atoms with Crippen molar-refractivity contribution in [3.8, 4) is 5.75 Å². The maximum atomic E-state index is 9.49. The molecule has 1 atom stereocenters. The van der Waals surface area contributed by atoms with Crippen LogP contribution in [0.3, 0.4) is 0 Å². The van der Waals surface area contributed by atoms with Gasteiger partial charge in [0.2, 0.25) is 0 Å². The summed E-state index contributed by atoms with van der Waals surface area (Å²) in [4.78, 5) is 0. The highest BCUT2D eigenvalue weighted by atomic mass is 79.9. The van der Waals surface area contributed by atoms with Crippen LogP contribution < -0.4 is 0 Å². The average molecular weight is 231 g/mol. The molecular weight excluding hydrogens is 220 g/mol. The summed E-state index contributed by atoms with van der Waals surface area (Å²) in [5.74, 6) is 0.181. The van der Waals surface area contributed by atoms with E-state index in [9.17, 15) is 5.11 Å². The number of phenolic OH excluding ortho intramolecular Hbond substituents is 1. The molecule has 0 amide bonds. The Morgan fingerprint density at radius 3 is 2.75 bits per heavy atom. The van der Waals surface area contributed by atoms with Crippen LogP contribution in [-0.4, -0.2) is 10.2 Å². The number of hydrogen-bond acceptors (Lipinski definition) is 2. The van der Waals surface area contributed by atoms with E-state index >= 15 is 0 Å². The lowest BCUT2D eigenvalue weighted by Gasteiger charge is -2.10. The highest BCUT2D eigenvalue weighted by Gasteiger charge is 2.09. The van der Waals surface area contributed by atoms with Gasteiger partial charge >= 0.3 is 0 Å². The Morgan fingerprint density at radius 1 is 1.50 bits per heavy atom. The summed E-state index contributed by atoms with van der Waals surface area (Å²) in [5, 5.41) is 18.6. The van der Waals surface area contributed by atoms with Crippen LogP contribution in [0.5, 0.6) is 5.75 Å². The molecule has 1 aromatic carbocycles. The Bertz CT molecular complexity index is 273. The van der Waals surface area contributed by atoms with Crippen molar-refractivity contribution in [1.82, 2.24) is 0 Å². The summed E-state index contributed by atoms with van der Waals surface area (Å²) in [6.07, 6.45) is 0.133. The van der Waals surface area contributed by atoms with Gasteiger partial charge in [-0.3, -0.25) is 0 Å². The minimum atomic E-state index is -0.508. The first-order valence-electron chi connectivity index (χ1n) is 3.81. The molecule has 1 rings (SSSR count). The van der Waals surface area contributed by atoms with Crippen molar-refractivity contribution in [3.63, 3.8) is 0 Å². The van der Waals surface area contributed by atoms with Crippen LogP contribution in [-0.2, 0) is 0 Å². The van der Waals surface area contributed by atoms with E-state index in [2.05, 4.69) is 15.9 Å². The van der Waals surface area contributed by atoms with E-state index in [1.54, 1.807) is 18.2 Å². The molecule has 0 heterocycles. The zero-order valence-corrected chi connectivity index (χ0v) is 8.37. The fourth-order valence-electron chi connectivity index (χ4n) is 1.01. The lowest BCUT2D eigenvalue weighted by Crippen LogP contribution is -1.95. The fraction of sp³-hybridized carbons (Fsp3) is 0.333. The van der Waals surface area contributed by atoms with Gasteiger partial charge in [-0.05, 0) is 30.2 Å². The Labute approximate surface area is 80.0 Å². The van der Waals surface area contributed by atoms with E-state index in [4.69, 9.17) is 5.11 Å². The molecule has 0 saturated carbocycles. The van der Waals surface area contributed by atoms with Gasteiger partial charge in [-0.25, -0.2) is 0 Å². The van der Waals surface area contributed by atoms with Gasteiger partial charge < -0.3 is 10.2 Å². The first kappa shape index (κ1) is 9.55. The van der Waals surface area contributed by atoms with Crippen LogP contribution in [0.15, 0.2) is 22.7 Å². The number of aliphatic hydroxyl groups is 1. The molecule has 1 aromatic rings. The van der Waals surface area contributed by atoms with Crippen molar-refractivity contribution < 1.29 is 10.2 Å². The topological polar surface area (TPSA) is 40.5 Å². The van der Waals surface area contributed by atoms with Crippen LogP contribution in [0.25, 0.3) is 0 Å². The molecule has 0 aliphatic heterocycles.